The molecule has 1 heterocycles. The molecule has 0 spiro atoms. The van der Waals surface area contributed by atoms with Crippen molar-refractivity contribution in [3.8, 4) is 0 Å². The van der Waals surface area contributed by atoms with E-state index in [2.05, 4.69) is 36.5 Å². The van der Waals surface area contributed by atoms with E-state index >= 15 is 0 Å². The van der Waals surface area contributed by atoms with Crippen molar-refractivity contribution in [1.29, 1.82) is 0 Å². The van der Waals surface area contributed by atoms with E-state index in [9.17, 15) is 4.39 Å². The molecule has 5 nitrogen and oxygen atoms in total. The Kier molecular flexibility index (Phi) is 4.61. The summed E-state index contributed by atoms with van der Waals surface area (Å²) < 4.78 is 14.9. The molecule has 0 amide bonds. The monoisotopic (exact) mass is 387 g/mol. The molecule has 4 N–H and O–H groups in total. The van der Waals surface area contributed by atoms with Gasteiger partial charge in [-0.15, -0.1) is 0 Å². The fourth-order valence-electron chi connectivity index (χ4n) is 2.07. The molecule has 3 rings (SSSR count). The predicted molar refractivity (Wildman–Crippen MR) is 98.3 cm³/mol. The number of hydrogen-bond donors (Lipinski definition) is 3. The lowest BCUT2D eigenvalue weighted by Gasteiger charge is -2.10. The number of halogens is 2. The van der Waals surface area contributed by atoms with Crippen LogP contribution in [0.5, 0.6) is 0 Å². The summed E-state index contributed by atoms with van der Waals surface area (Å²) in [5.41, 5.74) is 8.95. The van der Waals surface area contributed by atoms with Crippen LogP contribution in [-0.2, 0) is 0 Å². The quantitative estimate of drug-likeness (QED) is 0.562. The van der Waals surface area contributed by atoms with Crippen LogP contribution in [0.1, 0.15) is 5.56 Å². The first-order valence-corrected chi connectivity index (χ1v) is 7.99. The Morgan fingerprint density at radius 3 is 2.46 bits per heavy atom. The van der Waals surface area contributed by atoms with Crippen molar-refractivity contribution in [2.24, 2.45) is 0 Å². The average molecular weight is 388 g/mol. The molecule has 0 aliphatic heterocycles. The third-order valence-electron chi connectivity index (χ3n) is 3.38. The molecular weight excluding hydrogens is 373 g/mol. The predicted octanol–water partition coefficient (Wildman–Crippen LogP) is 4.76. The first kappa shape index (κ1) is 16.2. The topological polar surface area (TPSA) is 75.9 Å². The highest BCUT2D eigenvalue weighted by Crippen LogP contribution is 2.23. The highest BCUT2D eigenvalue weighted by molar-refractivity contribution is 9.10. The average Bonchev–Trinajstić information content (AvgIpc) is 2.56. The number of hydrogen-bond acceptors (Lipinski definition) is 5. The molecular formula is C17H15BrFN5. The molecule has 0 fully saturated rings. The Balaban J connectivity index is 1.82. The van der Waals surface area contributed by atoms with Crippen LogP contribution in [0.25, 0.3) is 0 Å². The van der Waals surface area contributed by atoms with Gasteiger partial charge in [0.1, 0.15) is 0 Å². The number of benzene rings is 2. The van der Waals surface area contributed by atoms with Crippen molar-refractivity contribution >= 4 is 44.8 Å². The Bertz CT molecular complexity index is 867. The molecule has 122 valence electrons. The van der Waals surface area contributed by atoms with Gasteiger partial charge < -0.3 is 16.4 Å². The van der Waals surface area contributed by atoms with Crippen LogP contribution < -0.4 is 16.4 Å². The zero-order valence-electron chi connectivity index (χ0n) is 12.8. The van der Waals surface area contributed by atoms with Crippen molar-refractivity contribution in [2.75, 3.05) is 16.4 Å². The Hall–Kier alpha value is -2.67. The zero-order valence-corrected chi connectivity index (χ0v) is 14.4. The normalized spacial score (nSPS) is 10.5. The summed E-state index contributed by atoms with van der Waals surface area (Å²) in [6.45, 7) is 1.91. The number of nitrogens with one attached hydrogen (secondary N) is 2. The van der Waals surface area contributed by atoms with Crippen molar-refractivity contribution in [3.05, 3.63) is 64.5 Å². The molecule has 24 heavy (non-hydrogen) atoms. The van der Waals surface area contributed by atoms with Gasteiger partial charge in [0, 0.05) is 21.5 Å². The largest absolute Gasteiger partial charge is 0.399 e. The molecule has 0 saturated carbocycles. The van der Waals surface area contributed by atoms with Gasteiger partial charge in [0.15, 0.2) is 11.6 Å². The summed E-state index contributed by atoms with van der Waals surface area (Å²) in [7, 11) is 0. The molecule has 0 bridgehead atoms. The van der Waals surface area contributed by atoms with E-state index in [0.717, 1.165) is 27.6 Å². The van der Waals surface area contributed by atoms with Crippen LogP contribution >= 0.6 is 15.9 Å². The number of nitrogens with two attached hydrogens (primary N) is 1. The summed E-state index contributed by atoms with van der Waals surface area (Å²) in [4.78, 5) is 8.15. The van der Waals surface area contributed by atoms with Crippen LogP contribution in [0.15, 0.2) is 53.1 Å². The summed E-state index contributed by atoms with van der Waals surface area (Å²) in [5.74, 6) is -0.140. The molecule has 2 aromatic carbocycles. The fraction of sp³-hybridized carbons (Fsp3) is 0.0588. The minimum Gasteiger partial charge on any atom is -0.399 e. The molecule has 0 aliphatic carbocycles. The van der Waals surface area contributed by atoms with Gasteiger partial charge >= 0.3 is 0 Å². The van der Waals surface area contributed by atoms with Crippen LogP contribution in [0.4, 0.5) is 33.2 Å². The molecule has 3 aromatic rings. The Morgan fingerprint density at radius 2 is 1.75 bits per heavy atom. The number of nitrogens with zero attached hydrogens (tertiary/aromatic N) is 2. The van der Waals surface area contributed by atoms with Crippen molar-refractivity contribution in [2.45, 2.75) is 6.92 Å². The smallest absolute Gasteiger partial charge is 0.229 e. The van der Waals surface area contributed by atoms with Gasteiger partial charge in [-0.05, 0) is 55.0 Å². The van der Waals surface area contributed by atoms with E-state index < -0.39 is 5.82 Å². The van der Waals surface area contributed by atoms with E-state index in [4.69, 9.17) is 5.73 Å². The van der Waals surface area contributed by atoms with Crippen molar-refractivity contribution < 1.29 is 4.39 Å². The molecule has 0 radical (unpaired) electrons. The molecule has 0 atom stereocenters. The maximum absolute atomic E-state index is 13.9. The van der Waals surface area contributed by atoms with Crippen molar-refractivity contribution in [1.82, 2.24) is 9.97 Å². The molecule has 0 unspecified atom stereocenters. The highest BCUT2D eigenvalue weighted by atomic mass is 79.9. The third kappa shape index (κ3) is 3.80. The van der Waals surface area contributed by atoms with Gasteiger partial charge in [-0.1, -0.05) is 15.9 Å². The lowest BCUT2D eigenvalue weighted by Crippen LogP contribution is -2.03. The van der Waals surface area contributed by atoms with Crippen LogP contribution in [0.3, 0.4) is 0 Å². The first-order valence-electron chi connectivity index (χ1n) is 7.19. The summed E-state index contributed by atoms with van der Waals surface area (Å²) >= 11 is 3.36. The van der Waals surface area contributed by atoms with Crippen LogP contribution in [0.2, 0.25) is 0 Å². The van der Waals surface area contributed by atoms with E-state index in [1.807, 2.05) is 43.3 Å². The van der Waals surface area contributed by atoms with Gasteiger partial charge in [0.25, 0.3) is 0 Å². The Morgan fingerprint density at radius 1 is 1.04 bits per heavy atom. The summed E-state index contributed by atoms with van der Waals surface area (Å²) in [6.07, 6.45) is 1.13. The van der Waals surface area contributed by atoms with Crippen LogP contribution in [-0.4, -0.2) is 9.97 Å². The summed E-state index contributed by atoms with van der Waals surface area (Å²) in [5, 5.41) is 5.98. The lowest BCUT2D eigenvalue weighted by atomic mass is 10.2. The van der Waals surface area contributed by atoms with E-state index in [1.165, 1.54) is 0 Å². The third-order valence-corrected chi connectivity index (χ3v) is 3.91. The Labute approximate surface area is 147 Å². The molecule has 7 heteroatoms. The second-order valence-electron chi connectivity index (χ2n) is 5.22. The highest BCUT2D eigenvalue weighted by Gasteiger charge is 2.08. The van der Waals surface area contributed by atoms with Gasteiger partial charge in [-0.3, -0.25) is 0 Å². The maximum Gasteiger partial charge on any atom is 0.229 e. The number of nitrogen functional groups attached to an aromatic ring is 1. The molecule has 0 aliphatic rings. The molecule has 1 aromatic heterocycles. The number of rotatable bonds is 4. The number of aromatic nitrogens is 2. The first-order chi connectivity index (χ1) is 11.5. The second kappa shape index (κ2) is 6.84. The van der Waals surface area contributed by atoms with E-state index in [1.54, 1.807) is 6.07 Å². The van der Waals surface area contributed by atoms with Crippen molar-refractivity contribution in [3.63, 3.8) is 0 Å². The summed E-state index contributed by atoms with van der Waals surface area (Å²) in [6, 6.07) is 12.8. The lowest BCUT2D eigenvalue weighted by molar-refractivity contribution is 0.619. The maximum atomic E-state index is 13.9. The van der Waals surface area contributed by atoms with E-state index in [0.29, 0.717) is 11.6 Å². The number of aryl methyl sites for hydroxylation is 1. The zero-order chi connectivity index (χ0) is 17.1. The molecule has 0 saturated heterocycles. The second-order valence-corrected chi connectivity index (χ2v) is 6.13. The van der Waals surface area contributed by atoms with Crippen LogP contribution in [0, 0.1) is 12.7 Å². The van der Waals surface area contributed by atoms with Gasteiger partial charge in [-0.25, -0.2) is 9.37 Å². The minimum atomic E-state index is -0.531. The van der Waals surface area contributed by atoms with Gasteiger partial charge in [0.05, 0.1) is 6.20 Å². The standard InChI is InChI=1S/C17H15BrFN5/c1-10-8-13(6-7-15(10)20)23-17-21-9-14(19)16(24-17)22-12-4-2-11(18)3-5-12/h2-9H,20H2,1H3,(H2,21,22,23,24). The number of anilines is 5. The van der Waals surface area contributed by atoms with Gasteiger partial charge in [-0.2, -0.15) is 4.98 Å². The SMILES string of the molecule is Cc1cc(Nc2ncc(F)c(Nc3ccc(Br)cc3)n2)ccc1N. The van der Waals surface area contributed by atoms with Gasteiger partial charge in [0.2, 0.25) is 5.95 Å². The van der Waals surface area contributed by atoms with E-state index in [-0.39, 0.29) is 5.82 Å². The fourth-order valence-corrected chi connectivity index (χ4v) is 2.33. The minimum absolute atomic E-state index is 0.0991.